The largest absolute Gasteiger partial charge is 0.490 e. The molecule has 0 spiro atoms. The number of pyridine rings is 2. The van der Waals surface area contributed by atoms with Gasteiger partial charge in [0.25, 0.3) is 0 Å². The second-order valence-corrected chi connectivity index (χ2v) is 24.2. The fourth-order valence-corrected chi connectivity index (χ4v) is 11.9. The van der Waals surface area contributed by atoms with Crippen LogP contribution in [0.4, 0.5) is 32.6 Å². The van der Waals surface area contributed by atoms with Gasteiger partial charge in [-0.2, -0.15) is 0 Å². The number of urea groups is 2. The van der Waals surface area contributed by atoms with Gasteiger partial charge in [0.1, 0.15) is 16.8 Å². The van der Waals surface area contributed by atoms with Crippen LogP contribution in [0, 0.1) is 25.7 Å². The third kappa shape index (κ3) is 15.0. The quantitative estimate of drug-likeness (QED) is 0.117. The number of nitrogens with zero attached hydrogens (tertiary/aromatic N) is 6. The fourth-order valence-electron chi connectivity index (χ4n) is 11.7. The molecular formula is C64H88BClN8O6. The Morgan fingerprint density at radius 3 is 1.57 bits per heavy atom. The molecule has 5 fully saturated rings. The maximum atomic E-state index is 12.9. The van der Waals surface area contributed by atoms with Crippen LogP contribution in [0.15, 0.2) is 78.3 Å². The Labute approximate surface area is 482 Å². The summed E-state index contributed by atoms with van der Waals surface area (Å²) in [4.78, 5) is 43.6. The van der Waals surface area contributed by atoms with Gasteiger partial charge in [-0.3, -0.25) is 0 Å². The summed E-state index contributed by atoms with van der Waals surface area (Å²) in [6, 6.07) is 20.6. The molecule has 0 unspecified atom stereocenters. The first kappa shape index (κ1) is 59.2. The van der Waals surface area contributed by atoms with E-state index in [1.807, 2.05) is 40.1 Å². The number of hydrogen-bond acceptors (Lipinski definition) is 10. The van der Waals surface area contributed by atoms with Crippen molar-refractivity contribution in [1.82, 2.24) is 19.8 Å². The summed E-state index contributed by atoms with van der Waals surface area (Å²) in [6.45, 7) is 26.6. The number of rotatable bonds is 10. The number of allylic oxidation sites excluding steroid dienone is 4. The summed E-state index contributed by atoms with van der Waals surface area (Å²) < 4.78 is 23.1. The molecule has 2 atom stereocenters. The van der Waals surface area contributed by atoms with Gasteiger partial charge in [-0.25, -0.2) is 19.6 Å². The van der Waals surface area contributed by atoms with Gasteiger partial charge in [0.2, 0.25) is 0 Å². The molecule has 0 bridgehead atoms. The number of morpholine rings is 2. The van der Waals surface area contributed by atoms with Crippen LogP contribution >= 0.6 is 11.6 Å². The predicted molar refractivity (Wildman–Crippen MR) is 327 cm³/mol. The number of nitrogens with one attached hydrogen (secondary N) is 2. The Morgan fingerprint density at radius 2 is 1.11 bits per heavy atom. The summed E-state index contributed by atoms with van der Waals surface area (Å²) in [5.41, 5.74) is 11.7. The lowest BCUT2D eigenvalue weighted by atomic mass is 9.73. The van der Waals surface area contributed by atoms with E-state index in [9.17, 15) is 9.59 Å². The third-order valence-corrected chi connectivity index (χ3v) is 17.9. The first-order chi connectivity index (χ1) is 38.6. The van der Waals surface area contributed by atoms with E-state index in [2.05, 4.69) is 123 Å². The van der Waals surface area contributed by atoms with Crippen LogP contribution in [0.1, 0.15) is 135 Å². The normalized spacial score (nSPS) is 21.7. The number of hydrogen-bond donors (Lipinski definition) is 2. The molecule has 14 nitrogen and oxygen atoms in total. The van der Waals surface area contributed by atoms with E-state index in [-0.39, 0.29) is 30.4 Å². The Bertz CT molecular complexity index is 2830. The highest BCUT2D eigenvalue weighted by Crippen LogP contribution is 2.41. The summed E-state index contributed by atoms with van der Waals surface area (Å²) in [7, 11) is -0.102. The molecule has 7 heterocycles. The lowest BCUT2D eigenvalue weighted by molar-refractivity contribution is 0.00578. The Kier molecular flexibility index (Phi) is 20.0. The second kappa shape index (κ2) is 27.1. The average molecular weight is 1110 g/mol. The van der Waals surface area contributed by atoms with E-state index in [0.29, 0.717) is 30.2 Å². The number of carbonyl (C=O) groups is 2. The van der Waals surface area contributed by atoms with Crippen molar-refractivity contribution < 1.29 is 28.4 Å². The molecule has 2 aliphatic carbocycles. The fraction of sp³-hybridized carbons (Fsp3) is 0.562. The van der Waals surface area contributed by atoms with Gasteiger partial charge in [0.05, 0.1) is 43.3 Å². The molecule has 2 N–H and O–H groups in total. The number of carbonyl (C=O) groups excluding carboxylic acids is 2. The maximum Gasteiger partial charge on any atom is 0.490 e. The summed E-state index contributed by atoms with van der Waals surface area (Å²) >= 11 is 6.36. The van der Waals surface area contributed by atoms with Crippen LogP contribution in [0.5, 0.6) is 0 Å². The Morgan fingerprint density at radius 1 is 0.625 bits per heavy atom. The molecular weight excluding hydrogens is 1020 g/mol. The van der Waals surface area contributed by atoms with Crippen LogP contribution in [-0.4, -0.2) is 129 Å². The van der Waals surface area contributed by atoms with Gasteiger partial charge in [-0.1, -0.05) is 62.6 Å². The van der Waals surface area contributed by atoms with Crippen LogP contribution in [0.3, 0.4) is 0 Å². The molecule has 4 aromatic rings. The van der Waals surface area contributed by atoms with Crippen molar-refractivity contribution in [3.8, 4) is 22.3 Å². The number of halogens is 1. The van der Waals surface area contributed by atoms with Crippen LogP contribution in [0.25, 0.3) is 27.8 Å². The molecule has 0 radical (unpaired) electrons. The van der Waals surface area contributed by atoms with Crippen molar-refractivity contribution in [2.75, 3.05) is 99.2 Å². The molecule has 2 aromatic carbocycles. The molecule has 80 heavy (non-hydrogen) atoms. The average Bonchev–Trinajstić information content (AvgIpc) is 4.24. The highest BCUT2D eigenvalue weighted by molar-refractivity contribution is 6.54. The minimum Gasteiger partial charge on any atom is -0.400 e. The minimum atomic E-state index is -0.198. The number of ether oxygens (including phenoxy) is 2. The van der Waals surface area contributed by atoms with Gasteiger partial charge < -0.3 is 49.0 Å². The second-order valence-electron chi connectivity index (χ2n) is 23.9. The number of aryl methyl sites for hydroxylation is 2. The van der Waals surface area contributed by atoms with E-state index in [1.165, 1.54) is 48.7 Å². The molecule has 11 rings (SSSR count). The standard InChI is InChI=1S/C29H38N4O2.C23H29ClN4O2.C12H21BO2/c1-3-22-11-12-33(20-22)29(34)30-25-10-9-21(2)26(19-25)24-17-27(23-7-5-4-6-8-23)31-28(18-24)32-13-15-35-16-14-32;1-3-17-6-7-28(15-17)23(29)25-19-5-4-16(2)20(14-19)18-12-21(24)26-22(13-18)27-8-10-30-11-9-27;1-11(2)12(3,4)15-13(14-11)10-8-6-5-7-9-10/h7,9-10,17-19,22H,3-6,8,11-16,20H2,1-2H3,(H,30,34);4-5,12-14,17H,3,6-11,15H2,1-2H3,(H,25,29);8H,5-7,9H2,1-4H3/t22-;17-;/m11./s1. The van der Waals surface area contributed by atoms with Gasteiger partial charge >= 0.3 is 19.2 Å². The minimum absolute atomic E-state index is 0.00698. The predicted octanol–water partition coefficient (Wildman–Crippen LogP) is 14.0. The van der Waals surface area contributed by atoms with Crippen LogP contribution in [-0.2, 0) is 18.8 Å². The lowest BCUT2D eigenvalue weighted by Gasteiger charge is -2.32. The Balaban J connectivity index is 0.000000156. The van der Waals surface area contributed by atoms with Crippen molar-refractivity contribution in [1.29, 1.82) is 0 Å². The van der Waals surface area contributed by atoms with E-state index >= 15 is 0 Å². The highest BCUT2D eigenvalue weighted by atomic mass is 35.5. The number of anilines is 4. The molecule has 430 valence electrons. The zero-order valence-electron chi connectivity index (χ0n) is 49.1. The Hall–Kier alpha value is -5.45. The van der Waals surface area contributed by atoms with Gasteiger partial charge in [0, 0.05) is 63.7 Å². The van der Waals surface area contributed by atoms with Crippen molar-refractivity contribution in [2.24, 2.45) is 11.8 Å². The molecule has 7 aliphatic rings. The van der Waals surface area contributed by atoms with E-state index < -0.39 is 0 Å². The topological polar surface area (TPSA) is 134 Å². The SMILES string of the molecule is CC1(C)OB(C2=CCCCC2)OC1(C)C.CC[C@@H]1CCN(C(=O)Nc2ccc(C)c(-c3cc(C4=CCCCC4)nc(N4CCOCC4)c3)c2)C1.CC[C@@H]1CCN(C(=O)Nc2ccc(C)c(-c3cc(Cl)nc(N4CCOCC4)c3)c2)C1. The summed E-state index contributed by atoms with van der Waals surface area (Å²) in [5, 5.41) is 6.69. The first-order valence-electron chi connectivity index (χ1n) is 30.0. The summed E-state index contributed by atoms with van der Waals surface area (Å²) in [5.74, 6) is 3.11. The first-order valence-corrected chi connectivity index (χ1v) is 30.4. The maximum absolute atomic E-state index is 12.9. The van der Waals surface area contributed by atoms with E-state index in [0.717, 1.165) is 167 Å². The van der Waals surface area contributed by atoms with E-state index in [1.54, 1.807) is 0 Å². The summed E-state index contributed by atoms with van der Waals surface area (Å²) in [6.07, 6.45) is 18.7. The molecule has 2 aromatic heterocycles. The van der Waals surface area contributed by atoms with Gasteiger partial charge in [-0.15, -0.1) is 0 Å². The molecule has 5 aliphatic heterocycles. The van der Waals surface area contributed by atoms with Crippen molar-refractivity contribution in [3.05, 3.63) is 100 Å². The van der Waals surface area contributed by atoms with E-state index in [4.69, 9.17) is 35.4 Å². The van der Waals surface area contributed by atoms with Crippen LogP contribution in [0.2, 0.25) is 5.15 Å². The lowest BCUT2D eigenvalue weighted by Crippen LogP contribution is -2.41. The zero-order valence-corrected chi connectivity index (χ0v) is 49.9. The number of benzene rings is 2. The van der Waals surface area contributed by atoms with Gasteiger partial charge in [-0.05, 0) is 211 Å². The number of aromatic nitrogens is 2. The molecule has 4 amide bonds. The molecule has 16 heteroatoms. The van der Waals surface area contributed by atoms with Crippen molar-refractivity contribution >= 4 is 59.4 Å². The molecule has 0 saturated carbocycles. The molecule has 5 saturated heterocycles. The number of likely N-dealkylation sites (tertiary alicyclic amines) is 2. The zero-order chi connectivity index (χ0) is 56.4. The van der Waals surface area contributed by atoms with Crippen LogP contribution < -0.4 is 20.4 Å². The third-order valence-electron chi connectivity index (χ3n) is 17.7. The monoisotopic (exact) mass is 1110 g/mol. The van der Waals surface area contributed by atoms with Gasteiger partial charge in [0.15, 0.2) is 0 Å². The smallest absolute Gasteiger partial charge is 0.400 e. The number of amides is 4. The van der Waals surface area contributed by atoms with Crippen molar-refractivity contribution in [2.45, 2.75) is 144 Å². The highest BCUT2D eigenvalue weighted by Gasteiger charge is 2.52. The van der Waals surface area contributed by atoms with Crippen molar-refractivity contribution in [3.63, 3.8) is 0 Å².